The third-order valence-corrected chi connectivity index (χ3v) is 3.48. The minimum atomic E-state index is 0.180. The normalized spacial score (nSPS) is 15.2. The van der Waals surface area contributed by atoms with Crippen molar-refractivity contribution < 1.29 is 9.84 Å². The quantitative estimate of drug-likeness (QED) is 0.942. The van der Waals surface area contributed by atoms with Crippen LogP contribution >= 0.6 is 0 Å². The van der Waals surface area contributed by atoms with Gasteiger partial charge in [0.15, 0.2) is 0 Å². The summed E-state index contributed by atoms with van der Waals surface area (Å²) in [4.78, 5) is 8.88. The number of phenols is 1. The lowest BCUT2D eigenvalue weighted by Gasteiger charge is -2.05. The number of hydrogen-bond acceptors (Lipinski definition) is 4. The second-order valence-corrected chi connectivity index (χ2v) is 4.99. The van der Waals surface area contributed by atoms with Gasteiger partial charge in [0.05, 0.1) is 24.2 Å². The highest BCUT2D eigenvalue weighted by atomic mass is 16.5. The van der Waals surface area contributed by atoms with E-state index in [1.165, 1.54) is 0 Å². The van der Waals surface area contributed by atoms with E-state index < -0.39 is 0 Å². The van der Waals surface area contributed by atoms with Crippen molar-refractivity contribution in [2.75, 3.05) is 7.11 Å². The first-order valence-corrected chi connectivity index (χ1v) is 6.95. The average Bonchev–Trinajstić information content (AvgIpc) is 2.98. The molecular weight excluding hydrogens is 276 g/mol. The van der Waals surface area contributed by atoms with Gasteiger partial charge in [-0.15, -0.1) is 0 Å². The lowest BCUT2D eigenvalue weighted by Crippen LogP contribution is -1.95. The molecule has 0 aliphatic carbocycles. The van der Waals surface area contributed by atoms with Crippen molar-refractivity contribution in [1.82, 2.24) is 4.98 Å². The summed E-state index contributed by atoms with van der Waals surface area (Å²) in [7, 11) is 1.59. The summed E-state index contributed by atoms with van der Waals surface area (Å²) in [6, 6.07) is 9.01. The molecule has 0 spiro atoms. The number of methoxy groups -OCH3 is 1. The van der Waals surface area contributed by atoms with E-state index in [0.717, 1.165) is 17.0 Å². The summed E-state index contributed by atoms with van der Waals surface area (Å²) in [6.07, 6.45) is 7.47. The van der Waals surface area contributed by atoms with Gasteiger partial charge in [-0.3, -0.25) is 4.98 Å². The molecular formula is C18H16N2O2. The van der Waals surface area contributed by atoms with Gasteiger partial charge in [-0.25, -0.2) is 4.99 Å². The first-order valence-electron chi connectivity index (χ1n) is 6.95. The Bertz CT molecular complexity index is 804. The minimum Gasteiger partial charge on any atom is -0.507 e. The first kappa shape index (κ1) is 14.1. The fourth-order valence-corrected chi connectivity index (χ4v) is 2.24. The lowest BCUT2D eigenvalue weighted by molar-refractivity contribution is 0.412. The maximum atomic E-state index is 10.0. The summed E-state index contributed by atoms with van der Waals surface area (Å²) in [5, 5.41) is 10.0. The van der Waals surface area contributed by atoms with Crippen LogP contribution in [-0.2, 0) is 0 Å². The van der Waals surface area contributed by atoms with E-state index in [0.29, 0.717) is 17.0 Å². The van der Waals surface area contributed by atoms with Crippen molar-refractivity contribution in [3.05, 3.63) is 71.2 Å². The molecule has 0 fully saturated rings. The summed E-state index contributed by atoms with van der Waals surface area (Å²) in [6.45, 7) is 2.01. The number of aromatic nitrogens is 1. The van der Waals surface area contributed by atoms with E-state index in [1.807, 2.05) is 37.3 Å². The van der Waals surface area contributed by atoms with E-state index in [9.17, 15) is 5.11 Å². The van der Waals surface area contributed by atoms with E-state index in [1.54, 1.807) is 31.5 Å². The highest BCUT2D eigenvalue weighted by Crippen LogP contribution is 2.27. The monoisotopic (exact) mass is 292 g/mol. The number of hydrogen-bond donors (Lipinski definition) is 1. The van der Waals surface area contributed by atoms with Crippen LogP contribution in [0.5, 0.6) is 11.5 Å². The van der Waals surface area contributed by atoms with Crippen molar-refractivity contribution in [1.29, 1.82) is 0 Å². The van der Waals surface area contributed by atoms with Gasteiger partial charge in [-0.2, -0.15) is 0 Å². The van der Waals surface area contributed by atoms with Crippen LogP contribution in [0.15, 0.2) is 59.4 Å². The molecule has 0 unspecified atom stereocenters. The summed E-state index contributed by atoms with van der Waals surface area (Å²) >= 11 is 0. The van der Waals surface area contributed by atoms with Gasteiger partial charge in [0, 0.05) is 11.8 Å². The fourth-order valence-electron chi connectivity index (χ4n) is 2.24. The van der Waals surface area contributed by atoms with Crippen molar-refractivity contribution in [2.24, 2.45) is 4.99 Å². The average molecular weight is 292 g/mol. The van der Waals surface area contributed by atoms with Crippen LogP contribution in [-0.4, -0.2) is 22.9 Å². The Labute approximate surface area is 129 Å². The van der Waals surface area contributed by atoms with E-state index in [4.69, 9.17) is 4.74 Å². The zero-order chi connectivity index (χ0) is 15.5. The highest BCUT2D eigenvalue weighted by molar-refractivity contribution is 6.13. The summed E-state index contributed by atoms with van der Waals surface area (Å²) in [5.74, 6) is 0.862. The Balaban J connectivity index is 1.96. The van der Waals surface area contributed by atoms with Gasteiger partial charge in [0.2, 0.25) is 0 Å². The molecule has 0 amide bonds. The Morgan fingerprint density at radius 1 is 1.18 bits per heavy atom. The van der Waals surface area contributed by atoms with Gasteiger partial charge in [-0.05, 0) is 55.0 Å². The molecule has 1 aromatic carbocycles. The Hall–Kier alpha value is -2.88. The van der Waals surface area contributed by atoms with Crippen LogP contribution in [0.25, 0.3) is 6.08 Å². The van der Waals surface area contributed by atoms with Crippen molar-refractivity contribution in [3.63, 3.8) is 0 Å². The van der Waals surface area contributed by atoms with Crippen molar-refractivity contribution in [2.45, 2.75) is 6.92 Å². The molecule has 0 bridgehead atoms. The van der Waals surface area contributed by atoms with Crippen LogP contribution in [0.2, 0.25) is 0 Å². The Morgan fingerprint density at radius 3 is 2.82 bits per heavy atom. The molecule has 1 N–H and O–H groups in total. The van der Waals surface area contributed by atoms with Gasteiger partial charge >= 0.3 is 0 Å². The second-order valence-electron chi connectivity index (χ2n) is 4.99. The van der Waals surface area contributed by atoms with Gasteiger partial charge < -0.3 is 9.84 Å². The molecule has 110 valence electrons. The van der Waals surface area contributed by atoms with Crippen molar-refractivity contribution in [3.8, 4) is 11.5 Å². The van der Waals surface area contributed by atoms with E-state index in [2.05, 4.69) is 9.98 Å². The zero-order valence-corrected chi connectivity index (χ0v) is 12.4. The number of rotatable bonds is 3. The topological polar surface area (TPSA) is 54.7 Å². The number of pyridine rings is 1. The fraction of sp³-hybridized carbons (Fsp3) is 0.111. The van der Waals surface area contributed by atoms with Crippen molar-refractivity contribution >= 4 is 11.8 Å². The van der Waals surface area contributed by atoms with Crippen LogP contribution in [0.3, 0.4) is 0 Å². The first-order chi connectivity index (χ1) is 10.7. The molecule has 1 aliphatic rings. The third-order valence-electron chi connectivity index (χ3n) is 3.48. The predicted octanol–water partition coefficient (Wildman–Crippen LogP) is 3.50. The van der Waals surface area contributed by atoms with Gasteiger partial charge in [0.1, 0.15) is 11.5 Å². The molecule has 1 aliphatic heterocycles. The summed E-state index contributed by atoms with van der Waals surface area (Å²) in [5.41, 5.74) is 4.14. The molecule has 22 heavy (non-hydrogen) atoms. The Morgan fingerprint density at radius 2 is 2.05 bits per heavy atom. The molecule has 0 saturated heterocycles. The maximum Gasteiger partial charge on any atom is 0.125 e. The number of aryl methyl sites for hydroxylation is 1. The van der Waals surface area contributed by atoms with Crippen LogP contribution < -0.4 is 4.74 Å². The molecule has 2 aromatic rings. The van der Waals surface area contributed by atoms with Crippen LogP contribution in [0.1, 0.15) is 16.8 Å². The van der Waals surface area contributed by atoms with E-state index in [-0.39, 0.29) is 5.75 Å². The number of ether oxygens (including phenoxy) is 1. The molecule has 3 rings (SSSR count). The smallest absolute Gasteiger partial charge is 0.125 e. The number of aromatic hydroxyl groups is 1. The molecule has 0 radical (unpaired) electrons. The maximum absolute atomic E-state index is 10.0. The SMILES string of the molecule is COc1ccc(O)c(C2=NC(=Cc3ncccc3C)C=C2)c1. The second kappa shape index (κ2) is 5.85. The van der Waals surface area contributed by atoms with Gasteiger partial charge in [0.25, 0.3) is 0 Å². The van der Waals surface area contributed by atoms with Crippen LogP contribution in [0.4, 0.5) is 0 Å². The molecule has 0 saturated carbocycles. The number of nitrogens with zero attached hydrogens (tertiary/aromatic N) is 2. The predicted molar refractivity (Wildman–Crippen MR) is 87.3 cm³/mol. The molecule has 0 atom stereocenters. The number of aliphatic imine (C=N–C) groups is 1. The summed E-state index contributed by atoms with van der Waals surface area (Å²) < 4.78 is 5.19. The number of benzene rings is 1. The highest BCUT2D eigenvalue weighted by Gasteiger charge is 2.12. The van der Waals surface area contributed by atoms with Gasteiger partial charge in [-0.1, -0.05) is 6.07 Å². The zero-order valence-electron chi connectivity index (χ0n) is 12.4. The third kappa shape index (κ3) is 2.76. The number of allylic oxidation sites excluding steroid dienone is 2. The largest absolute Gasteiger partial charge is 0.507 e. The minimum absolute atomic E-state index is 0.180. The molecule has 1 aromatic heterocycles. The number of phenolic OH excluding ortho intramolecular Hbond substituents is 1. The van der Waals surface area contributed by atoms with Crippen LogP contribution in [0, 0.1) is 6.92 Å². The molecule has 2 heterocycles. The molecule has 4 heteroatoms. The van der Waals surface area contributed by atoms with E-state index >= 15 is 0 Å². The molecule has 4 nitrogen and oxygen atoms in total. The Kier molecular flexibility index (Phi) is 3.74. The standard InChI is InChI=1S/C18H16N2O2/c1-12-4-3-9-19-17(12)10-13-5-7-16(20-13)15-11-14(22-2)6-8-18(15)21/h3-11,21H,1-2H3. The lowest BCUT2D eigenvalue weighted by atomic mass is 10.1.